The average molecular weight is 266 g/mol. The minimum Gasteiger partial charge on any atom is -0.310 e. The van der Waals surface area contributed by atoms with Crippen molar-refractivity contribution in [2.45, 2.75) is 25.9 Å². The van der Waals surface area contributed by atoms with Gasteiger partial charge in [-0.25, -0.2) is 4.68 Å². The Labute approximate surface area is 111 Å². The van der Waals surface area contributed by atoms with Gasteiger partial charge >= 0.3 is 0 Å². The Morgan fingerprint density at radius 3 is 2.89 bits per heavy atom. The monoisotopic (exact) mass is 265 g/mol. The van der Waals surface area contributed by atoms with Crippen molar-refractivity contribution >= 4 is 11.6 Å². The molecule has 6 heteroatoms. The third-order valence-corrected chi connectivity index (χ3v) is 3.29. The fourth-order valence-corrected chi connectivity index (χ4v) is 1.66. The zero-order valence-electron chi connectivity index (χ0n) is 10.7. The van der Waals surface area contributed by atoms with Crippen LogP contribution >= 0.6 is 11.6 Å². The number of nitrogens with zero attached hydrogens (tertiary/aromatic N) is 4. The smallest absolute Gasteiger partial charge is 0.102 e. The molecule has 0 radical (unpaired) electrons. The maximum absolute atomic E-state index is 6.06. The van der Waals surface area contributed by atoms with E-state index in [1.807, 2.05) is 25.4 Å². The molecule has 2 rings (SSSR count). The molecule has 0 bridgehead atoms. The van der Waals surface area contributed by atoms with Crippen molar-refractivity contribution in [1.29, 1.82) is 0 Å². The van der Waals surface area contributed by atoms with E-state index in [-0.39, 0.29) is 5.54 Å². The van der Waals surface area contributed by atoms with Crippen LogP contribution in [0, 0.1) is 0 Å². The molecule has 0 saturated heterocycles. The van der Waals surface area contributed by atoms with Crippen molar-refractivity contribution in [2.24, 2.45) is 0 Å². The van der Waals surface area contributed by atoms with Crippen molar-refractivity contribution in [2.75, 3.05) is 7.05 Å². The van der Waals surface area contributed by atoms with E-state index in [0.717, 1.165) is 11.4 Å². The van der Waals surface area contributed by atoms with Gasteiger partial charge in [0.05, 0.1) is 29.0 Å². The van der Waals surface area contributed by atoms with Gasteiger partial charge in [-0.2, -0.15) is 0 Å². The third-order valence-electron chi connectivity index (χ3n) is 2.95. The average Bonchev–Trinajstić information content (AvgIpc) is 2.81. The van der Waals surface area contributed by atoms with E-state index in [1.165, 1.54) is 0 Å². The van der Waals surface area contributed by atoms with Crippen LogP contribution in [0.15, 0.2) is 24.5 Å². The zero-order valence-corrected chi connectivity index (χ0v) is 11.4. The van der Waals surface area contributed by atoms with Gasteiger partial charge in [-0.3, -0.25) is 4.98 Å². The van der Waals surface area contributed by atoms with Crippen LogP contribution in [0.4, 0.5) is 0 Å². The molecular formula is C12H16ClN5. The van der Waals surface area contributed by atoms with Crippen LogP contribution in [0.2, 0.25) is 5.02 Å². The molecule has 0 saturated carbocycles. The van der Waals surface area contributed by atoms with E-state index in [1.54, 1.807) is 10.9 Å². The molecule has 2 heterocycles. The van der Waals surface area contributed by atoms with Crippen molar-refractivity contribution < 1.29 is 0 Å². The minimum absolute atomic E-state index is 0.202. The van der Waals surface area contributed by atoms with E-state index >= 15 is 0 Å². The number of pyridine rings is 1. The summed E-state index contributed by atoms with van der Waals surface area (Å²) in [6.07, 6.45) is 3.62. The van der Waals surface area contributed by atoms with Gasteiger partial charge in [0.15, 0.2) is 0 Å². The first-order valence-corrected chi connectivity index (χ1v) is 6.09. The van der Waals surface area contributed by atoms with Gasteiger partial charge in [0.2, 0.25) is 0 Å². The molecule has 96 valence electrons. The normalized spacial score (nSPS) is 11.8. The van der Waals surface area contributed by atoms with Crippen LogP contribution in [0.5, 0.6) is 0 Å². The molecule has 0 aliphatic carbocycles. The standard InChI is InChI=1S/C12H16ClN5/c1-12(2,14-3)11-8-18(17-16-11)7-10-9(13)5-4-6-15-10/h4-6,8,14H,7H2,1-3H3. The number of halogens is 1. The van der Waals surface area contributed by atoms with E-state index < -0.39 is 0 Å². The predicted molar refractivity (Wildman–Crippen MR) is 70.5 cm³/mol. The first-order chi connectivity index (χ1) is 8.53. The second kappa shape index (κ2) is 5.04. The molecule has 0 spiro atoms. The second-order valence-corrected chi connectivity index (χ2v) is 5.02. The highest BCUT2D eigenvalue weighted by atomic mass is 35.5. The number of rotatable bonds is 4. The molecule has 0 fully saturated rings. The quantitative estimate of drug-likeness (QED) is 0.916. The topological polar surface area (TPSA) is 55.6 Å². The van der Waals surface area contributed by atoms with E-state index in [2.05, 4.69) is 34.5 Å². The van der Waals surface area contributed by atoms with E-state index in [9.17, 15) is 0 Å². The Hall–Kier alpha value is -1.46. The Balaban J connectivity index is 2.20. The second-order valence-electron chi connectivity index (χ2n) is 4.61. The molecule has 2 aromatic rings. The van der Waals surface area contributed by atoms with Crippen LogP contribution in [-0.2, 0) is 12.1 Å². The largest absolute Gasteiger partial charge is 0.310 e. The lowest BCUT2D eigenvalue weighted by Gasteiger charge is -2.20. The lowest BCUT2D eigenvalue weighted by Crippen LogP contribution is -2.33. The summed E-state index contributed by atoms with van der Waals surface area (Å²) in [6, 6.07) is 3.63. The first-order valence-electron chi connectivity index (χ1n) is 5.72. The van der Waals surface area contributed by atoms with Gasteiger partial charge in [-0.15, -0.1) is 5.10 Å². The summed E-state index contributed by atoms with van der Waals surface area (Å²) in [5.74, 6) is 0. The maximum atomic E-state index is 6.06. The molecule has 0 aromatic carbocycles. The molecule has 5 nitrogen and oxygen atoms in total. The molecule has 2 aromatic heterocycles. The van der Waals surface area contributed by atoms with Crippen LogP contribution in [0.3, 0.4) is 0 Å². The number of aromatic nitrogens is 4. The summed E-state index contributed by atoms with van der Waals surface area (Å²) in [4.78, 5) is 4.23. The molecule has 0 aliphatic rings. The van der Waals surface area contributed by atoms with E-state index in [4.69, 9.17) is 11.6 Å². The summed E-state index contributed by atoms with van der Waals surface area (Å²) in [6.45, 7) is 4.62. The minimum atomic E-state index is -0.202. The molecule has 0 atom stereocenters. The fraction of sp³-hybridized carbons (Fsp3) is 0.417. The fourth-order valence-electron chi connectivity index (χ4n) is 1.48. The highest BCUT2D eigenvalue weighted by Crippen LogP contribution is 2.17. The van der Waals surface area contributed by atoms with Gasteiger partial charge in [0.25, 0.3) is 0 Å². The van der Waals surface area contributed by atoms with Gasteiger partial charge in [0.1, 0.15) is 5.69 Å². The summed E-state index contributed by atoms with van der Waals surface area (Å²) in [7, 11) is 1.90. The van der Waals surface area contributed by atoms with Crippen LogP contribution in [0.25, 0.3) is 0 Å². The molecule has 1 N–H and O–H groups in total. The van der Waals surface area contributed by atoms with Gasteiger partial charge in [0, 0.05) is 6.20 Å². The van der Waals surface area contributed by atoms with Gasteiger partial charge in [-0.1, -0.05) is 16.8 Å². The summed E-state index contributed by atoms with van der Waals surface area (Å²) < 4.78 is 1.74. The Kier molecular flexibility index (Phi) is 3.63. The van der Waals surface area contributed by atoms with Crippen molar-refractivity contribution in [3.8, 4) is 0 Å². The number of hydrogen-bond acceptors (Lipinski definition) is 4. The summed E-state index contributed by atoms with van der Waals surface area (Å²) >= 11 is 6.06. The molecule has 0 unspecified atom stereocenters. The van der Waals surface area contributed by atoms with Gasteiger partial charge < -0.3 is 5.32 Å². The maximum Gasteiger partial charge on any atom is 0.102 e. The van der Waals surface area contributed by atoms with Crippen LogP contribution < -0.4 is 5.32 Å². The number of hydrogen-bond donors (Lipinski definition) is 1. The van der Waals surface area contributed by atoms with Crippen LogP contribution in [-0.4, -0.2) is 27.0 Å². The summed E-state index contributed by atoms with van der Waals surface area (Å²) in [5, 5.41) is 12.1. The lowest BCUT2D eigenvalue weighted by molar-refractivity contribution is 0.430. The number of nitrogens with one attached hydrogen (secondary N) is 1. The predicted octanol–water partition coefficient (Wildman–Crippen LogP) is 1.83. The lowest BCUT2D eigenvalue weighted by atomic mass is 10.0. The first kappa shape index (κ1) is 13.0. The van der Waals surface area contributed by atoms with Crippen molar-refractivity contribution in [3.63, 3.8) is 0 Å². The van der Waals surface area contributed by atoms with Crippen molar-refractivity contribution in [3.05, 3.63) is 40.9 Å². The molecule has 0 amide bonds. The Morgan fingerprint density at radius 2 is 2.22 bits per heavy atom. The Morgan fingerprint density at radius 1 is 1.44 bits per heavy atom. The SMILES string of the molecule is CNC(C)(C)c1cn(Cc2ncccc2Cl)nn1. The zero-order chi connectivity index (χ0) is 13.2. The van der Waals surface area contributed by atoms with Crippen molar-refractivity contribution in [1.82, 2.24) is 25.3 Å². The highest BCUT2D eigenvalue weighted by Gasteiger charge is 2.21. The van der Waals surface area contributed by atoms with Gasteiger partial charge in [-0.05, 0) is 33.0 Å². The van der Waals surface area contributed by atoms with E-state index in [0.29, 0.717) is 11.6 Å². The third kappa shape index (κ3) is 2.68. The Bertz CT molecular complexity index is 535. The summed E-state index contributed by atoms with van der Waals surface area (Å²) in [5.41, 5.74) is 1.47. The molecule has 0 aliphatic heterocycles. The molecular weight excluding hydrogens is 250 g/mol. The molecule has 18 heavy (non-hydrogen) atoms. The highest BCUT2D eigenvalue weighted by molar-refractivity contribution is 6.31. The van der Waals surface area contributed by atoms with Crippen LogP contribution in [0.1, 0.15) is 25.2 Å².